The van der Waals surface area contributed by atoms with Crippen LogP contribution in [0.25, 0.3) is 0 Å². The minimum atomic E-state index is -1.01. The van der Waals surface area contributed by atoms with Crippen molar-refractivity contribution in [3.63, 3.8) is 0 Å². The smallest absolute Gasteiger partial charge is 0.331 e. The molecular formula is C43H70O15S. The summed E-state index contributed by atoms with van der Waals surface area (Å²) in [6, 6.07) is 0. The summed E-state index contributed by atoms with van der Waals surface area (Å²) < 4.78 is 51.6. The lowest BCUT2D eigenvalue weighted by molar-refractivity contribution is -0.336. The summed E-state index contributed by atoms with van der Waals surface area (Å²) >= 11 is -0.611. The Hall–Kier alpha value is -0.960. The first kappa shape index (κ1) is 46.0. The number of aliphatic hydroxyl groups excluding tert-OH is 5. The van der Waals surface area contributed by atoms with Crippen molar-refractivity contribution in [2.45, 2.75) is 197 Å². The molecule has 8 rings (SSSR count). The van der Waals surface area contributed by atoms with Crippen LogP contribution in [0.2, 0.25) is 0 Å². The van der Waals surface area contributed by atoms with Crippen LogP contribution in [0.5, 0.6) is 0 Å². The Morgan fingerprint density at radius 1 is 0.729 bits per heavy atom. The first-order valence-corrected chi connectivity index (χ1v) is 23.9. The van der Waals surface area contributed by atoms with E-state index < -0.39 is 102 Å². The summed E-state index contributed by atoms with van der Waals surface area (Å²) in [5.74, 6) is 0.204. The minimum Gasteiger partial charge on any atom is -0.617 e. The van der Waals surface area contributed by atoms with Crippen LogP contribution < -0.4 is 0 Å². The topological polar surface area (TPSA) is 226 Å². The standard InChI is InChI=1S/C41H64O14.C2H6OS/c1-19-36(47)28(42)15-34(50-19)54-38-21(3)52-35(17-30(38)44)55-37-20(2)51-33(16-29(37)43)53-24-8-10-39(4)23(13-24)6-7-26-27(39)14-31(45)40(5)25(9-11-41(26,40)48)22-12-32(46)49-18-22;1-4(2)3/h12,19-21,23-31,33-38,42-45,47-48H,6-11,13-18H2,1-5H3;1-2H3/t19-,20-,21-,23-,24+,25-,26-,27+,28+,29+,30+,31-,33+,34+,35+,36-,37-,38-,39+,40+,41+;/m1./s1. The average Bonchev–Trinajstić information content (AvgIpc) is 3.70. The Kier molecular flexibility index (Phi) is 14.0. The molecule has 0 unspecified atom stereocenters. The molecule has 0 amide bonds. The highest BCUT2D eigenvalue weighted by Gasteiger charge is 2.71. The van der Waals surface area contributed by atoms with Crippen molar-refractivity contribution in [1.29, 1.82) is 0 Å². The van der Waals surface area contributed by atoms with Gasteiger partial charge in [0, 0.05) is 30.8 Å². The third kappa shape index (κ3) is 8.81. The van der Waals surface area contributed by atoms with E-state index >= 15 is 0 Å². The van der Waals surface area contributed by atoms with Crippen LogP contribution in [0.4, 0.5) is 0 Å². The van der Waals surface area contributed by atoms with Gasteiger partial charge in [-0.25, -0.2) is 4.79 Å². The van der Waals surface area contributed by atoms with Crippen molar-refractivity contribution in [2.75, 3.05) is 19.1 Å². The van der Waals surface area contributed by atoms with Gasteiger partial charge in [-0.15, -0.1) is 0 Å². The Morgan fingerprint density at radius 3 is 1.83 bits per heavy atom. The number of carbonyl (C=O) groups excluding carboxylic acids is 1. The molecule has 15 nitrogen and oxygen atoms in total. The van der Waals surface area contributed by atoms with Gasteiger partial charge in [0.1, 0.15) is 24.9 Å². The van der Waals surface area contributed by atoms with Gasteiger partial charge < -0.3 is 68.3 Å². The lowest BCUT2D eigenvalue weighted by atomic mass is 9.42. The fourth-order valence-electron chi connectivity index (χ4n) is 12.8. The number of ether oxygens (including phenoxy) is 7. The molecule has 21 atom stereocenters. The molecule has 3 saturated heterocycles. The van der Waals surface area contributed by atoms with E-state index in [1.165, 1.54) is 0 Å². The van der Waals surface area contributed by atoms with Crippen LogP contribution in [0, 0.1) is 34.5 Å². The van der Waals surface area contributed by atoms with E-state index in [1.807, 2.05) is 13.8 Å². The van der Waals surface area contributed by atoms with Crippen LogP contribution >= 0.6 is 0 Å². The fraction of sp³-hybridized carbons (Fsp3) is 0.930. The van der Waals surface area contributed by atoms with E-state index in [4.69, 9.17) is 33.2 Å². The number of aliphatic hydroxyl groups is 6. The largest absolute Gasteiger partial charge is 0.617 e. The lowest BCUT2D eigenvalue weighted by Gasteiger charge is -2.65. The maximum absolute atomic E-state index is 12.6. The zero-order chi connectivity index (χ0) is 42.8. The summed E-state index contributed by atoms with van der Waals surface area (Å²) in [5.41, 5.74) is -0.892. The number of esters is 1. The Labute approximate surface area is 351 Å². The van der Waals surface area contributed by atoms with Crippen LogP contribution in [0.1, 0.15) is 105 Å². The molecule has 0 aromatic heterocycles. The minimum absolute atomic E-state index is 0.0452. The first-order valence-electron chi connectivity index (χ1n) is 21.9. The first-order chi connectivity index (χ1) is 27.7. The van der Waals surface area contributed by atoms with E-state index in [0.717, 1.165) is 44.1 Å². The number of fused-ring (bicyclic) bond motifs is 5. The van der Waals surface area contributed by atoms with Crippen LogP contribution in [-0.4, -0.2) is 152 Å². The molecule has 0 spiro atoms. The molecule has 0 aromatic carbocycles. The molecule has 0 radical (unpaired) electrons. The molecule has 4 saturated carbocycles. The molecule has 0 bridgehead atoms. The number of rotatable bonds is 7. The Balaban J connectivity index is 0.00000126. The highest BCUT2D eigenvalue weighted by molar-refractivity contribution is 7.89. The summed E-state index contributed by atoms with van der Waals surface area (Å²) in [6.45, 7) is 9.90. The molecule has 0 aromatic rings. The molecular weight excluding hydrogens is 789 g/mol. The molecule has 6 N–H and O–H groups in total. The second kappa shape index (κ2) is 17.9. The summed E-state index contributed by atoms with van der Waals surface area (Å²) in [6.07, 6.45) is 1.77. The van der Waals surface area contributed by atoms with Crippen molar-refractivity contribution >= 4 is 17.1 Å². The third-order valence-corrected chi connectivity index (χ3v) is 16.0. The number of cyclic esters (lactones) is 1. The van der Waals surface area contributed by atoms with E-state index in [-0.39, 0.29) is 61.1 Å². The van der Waals surface area contributed by atoms with Crippen molar-refractivity contribution in [2.24, 2.45) is 34.5 Å². The molecule has 4 heterocycles. The fourth-order valence-corrected chi connectivity index (χ4v) is 12.8. The zero-order valence-electron chi connectivity index (χ0n) is 35.7. The summed E-state index contributed by atoms with van der Waals surface area (Å²) in [4.78, 5) is 11.9. The second-order valence-electron chi connectivity index (χ2n) is 19.6. The van der Waals surface area contributed by atoms with Gasteiger partial charge in [0.2, 0.25) is 0 Å². The van der Waals surface area contributed by atoms with Crippen molar-refractivity contribution in [1.82, 2.24) is 0 Å². The van der Waals surface area contributed by atoms with Gasteiger partial charge in [0.25, 0.3) is 0 Å². The van der Waals surface area contributed by atoms with Gasteiger partial charge in [0.15, 0.2) is 18.9 Å². The monoisotopic (exact) mass is 858 g/mol. The number of hydrogen-bond acceptors (Lipinski definition) is 15. The highest BCUT2D eigenvalue weighted by Crippen LogP contribution is 2.70. The molecule has 8 aliphatic rings. The van der Waals surface area contributed by atoms with E-state index in [9.17, 15) is 40.0 Å². The maximum atomic E-state index is 12.6. The predicted octanol–water partition coefficient (Wildman–Crippen LogP) is 2.21. The quantitative estimate of drug-likeness (QED) is 0.123. The van der Waals surface area contributed by atoms with Crippen LogP contribution in [0.3, 0.4) is 0 Å². The maximum Gasteiger partial charge on any atom is 0.331 e. The zero-order valence-corrected chi connectivity index (χ0v) is 36.5. The molecule has 338 valence electrons. The van der Waals surface area contributed by atoms with Gasteiger partial charge in [-0.05, 0) is 107 Å². The third-order valence-electron chi connectivity index (χ3n) is 16.0. The highest BCUT2D eigenvalue weighted by atomic mass is 32.2. The lowest BCUT2D eigenvalue weighted by Crippen LogP contribution is -2.67. The SMILES string of the molecule is C[C@H]1O[C@@H](O[C@H]2[C@@H](O)C[C@H](O[C@H]3[C@@H](O)C[C@H](O[C@H]4CC[C@@]5(C)[C@H](CC[C@@H]6[C@@H]5C[C@@H](O)[C@]5(C)[C@@H](C7=CC(=O)OC7)CC[C@]65O)C4)O[C@@H]3C)O[C@@H]2C)C[C@H](O)[C@@H]1O.C[S+](C)[O-]. The second-order valence-corrected chi connectivity index (χ2v) is 21.0. The van der Waals surface area contributed by atoms with E-state index in [0.29, 0.717) is 18.8 Å². The van der Waals surface area contributed by atoms with Crippen molar-refractivity contribution < 1.29 is 73.1 Å². The number of hydrogen-bond donors (Lipinski definition) is 6. The molecule has 7 fully saturated rings. The summed E-state index contributed by atoms with van der Waals surface area (Å²) in [5, 5.41) is 66.9. The molecule has 59 heavy (non-hydrogen) atoms. The Morgan fingerprint density at radius 2 is 1.29 bits per heavy atom. The predicted molar refractivity (Wildman–Crippen MR) is 213 cm³/mol. The van der Waals surface area contributed by atoms with E-state index in [1.54, 1.807) is 32.4 Å². The normalized spacial score (nSPS) is 52.4. The van der Waals surface area contributed by atoms with Crippen LogP contribution in [0.15, 0.2) is 11.6 Å². The van der Waals surface area contributed by atoms with Crippen molar-refractivity contribution in [3.8, 4) is 0 Å². The van der Waals surface area contributed by atoms with Crippen molar-refractivity contribution in [3.05, 3.63) is 11.6 Å². The van der Waals surface area contributed by atoms with Crippen LogP contribution in [-0.2, 0) is 49.1 Å². The van der Waals surface area contributed by atoms with Gasteiger partial charge in [-0.3, -0.25) is 0 Å². The van der Waals surface area contributed by atoms with Gasteiger partial charge in [-0.2, -0.15) is 0 Å². The molecule has 4 aliphatic carbocycles. The van der Waals surface area contributed by atoms with Gasteiger partial charge in [-0.1, -0.05) is 25.0 Å². The Bertz CT molecular complexity index is 1460. The van der Waals surface area contributed by atoms with E-state index in [2.05, 4.69) is 6.92 Å². The average molecular weight is 859 g/mol. The van der Waals surface area contributed by atoms with Gasteiger partial charge in [0.05, 0.1) is 66.9 Å². The molecule has 4 aliphatic heterocycles. The summed E-state index contributed by atoms with van der Waals surface area (Å²) in [7, 11) is 0. The molecule has 16 heteroatoms. The van der Waals surface area contributed by atoms with Gasteiger partial charge >= 0.3 is 5.97 Å². The number of carbonyl (C=O) groups is 1.